The molecule has 15 heavy (non-hydrogen) atoms. The molecule has 5 nitrogen and oxygen atoms in total. The Labute approximate surface area is 89.4 Å². The van der Waals surface area contributed by atoms with E-state index >= 15 is 0 Å². The normalized spacial score (nSPS) is 11.5. The summed E-state index contributed by atoms with van der Waals surface area (Å²) in [6, 6.07) is 1.77. The van der Waals surface area contributed by atoms with E-state index in [1.807, 2.05) is 0 Å². The van der Waals surface area contributed by atoms with Crippen molar-refractivity contribution in [1.29, 1.82) is 0 Å². The number of aromatic amines is 1. The molecule has 4 N–H and O–H groups in total. The molecule has 1 rings (SSSR count). The smallest absolute Gasteiger partial charge is 0.271 e. The van der Waals surface area contributed by atoms with Crippen LogP contribution in [0.2, 0.25) is 0 Å². The highest BCUT2D eigenvalue weighted by Crippen LogP contribution is 2.19. The number of nitrogens with one attached hydrogen (secondary N) is 2. The molecule has 1 amide bonds. The molecular formula is C10H18N4O. The lowest BCUT2D eigenvalue weighted by Gasteiger charge is -2.14. The van der Waals surface area contributed by atoms with Gasteiger partial charge in [0.15, 0.2) is 0 Å². The molecule has 1 heterocycles. The summed E-state index contributed by atoms with van der Waals surface area (Å²) < 4.78 is 0. The number of H-pyrrole nitrogens is 1. The van der Waals surface area contributed by atoms with Gasteiger partial charge in [0.05, 0.1) is 0 Å². The fourth-order valence-corrected chi connectivity index (χ4v) is 1.10. The van der Waals surface area contributed by atoms with Crippen molar-refractivity contribution >= 4 is 5.91 Å². The molecule has 0 aliphatic heterocycles. The minimum absolute atomic E-state index is 0.0284. The van der Waals surface area contributed by atoms with Gasteiger partial charge in [-0.05, 0) is 6.07 Å². The van der Waals surface area contributed by atoms with Crippen molar-refractivity contribution in [1.82, 2.24) is 15.5 Å². The number of aromatic nitrogens is 2. The highest BCUT2D eigenvalue weighted by atomic mass is 16.1. The lowest BCUT2D eigenvalue weighted by Crippen LogP contribution is -2.29. The maximum absolute atomic E-state index is 11.5. The third-order valence-electron chi connectivity index (χ3n) is 2.05. The second-order valence-corrected chi connectivity index (χ2v) is 4.46. The molecule has 0 fully saturated rings. The molecule has 0 aromatic carbocycles. The van der Waals surface area contributed by atoms with Crippen LogP contribution in [0.1, 0.15) is 37.0 Å². The number of hydrogen-bond donors (Lipinski definition) is 3. The van der Waals surface area contributed by atoms with Gasteiger partial charge in [-0.25, -0.2) is 0 Å². The Kier molecular flexibility index (Phi) is 3.47. The van der Waals surface area contributed by atoms with Gasteiger partial charge in [0, 0.05) is 24.2 Å². The van der Waals surface area contributed by atoms with Crippen molar-refractivity contribution in [3.05, 3.63) is 17.5 Å². The molecule has 0 unspecified atom stereocenters. The van der Waals surface area contributed by atoms with Crippen molar-refractivity contribution in [2.24, 2.45) is 5.73 Å². The van der Waals surface area contributed by atoms with E-state index in [1.165, 1.54) is 0 Å². The van der Waals surface area contributed by atoms with E-state index in [2.05, 4.69) is 36.3 Å². The Morgan fingerprint density at radius 1 is 1.60 bits per heavy atom. The molecule has 5 heteroatoms. The number of rotatable bonds is 3. The van der Waals surface area contributed by atoms with E-state index in [4.69, 9.17) is 5.73 Å². The molecule has 0 aliphatic rings. The lowest BCUT2D eigenvalue weighted by molar-refractivity contribution is 0.0950. The van der Waals surface area contributed by atoms with Crippen molar-refractivity contribution in [2.75, 3.05) is 13.1 Å². The van der Waals surface area contributed by atoms with Crippen LogP contribution in [0.5, 0.6) is 0 Å². The molecule has 1 aromatic heterocycles. The highest BCUT2D eigenvalue weighted by molar-refractivity contribution is 5.92. The van der Waals surface area contributed by atoms with Crippen LogP contribution in [-0.4, -0.2) is 29.2 Å². The van der Waals surface area contributed by atoms with Gasteiger partial charge in [0.2, 0.25) is 0 Å². The zero-order chi connectivity index (χ0) is 11.5. The number of hydrogen-bond acceptors (Lipinski definition) is 3. The Morgan fingerprint density at radius 3 is 2.73 bits per heavy atom. The van der Waals surface area contributed by atoms with E-state index < -0.39 is 0 Å². The first kappa shape index (κ1) is 11.7. The Bertz CT molecular complexity index is 337. The number of nitrogens with two attached hydrogens (primary N) is 1. The number of nitrogens with zero attached hydrogens (tertiary/aromatic N) is 1. The second kappa shape index (κ2) is 4.44. The minimum Gasteiger partial charge on any atom is -0.349 e. The van der Waals surface area contributed by atoms with Crippen LogP contribution < -0.4 is 11.1 Å². The average molecular weight is 210 g/mol. The Balaban J connectivity index is 2.72. The molecule has 0 saturated carbocycles. The van der Waals surface area contributed by atoms with Crippen LogP contribution in [-0.2, 0) is 5.41 Å². The monoisotopic (exact) mass is 210 g/mol. The van der Waals surface area contributed by atoms with Crippen LogP contribution in [0.3, 0.4) is 0 Å². The molecular weight excluding hydrogens is 192 g/mol. The zero-order valence-corrected chi connectivity index (χ0v) is 9.42. The summed E-state index contributed by atoms with van der Waals surface area (Å²) in [6.07, 6.45) is 0. The van der Waals surface area contributed by atoms with E-state index in [-0.39, 0.29) is 11.3 Å². The Morgan fingerprint density at radius 2 is 2.27 bits per heavy atom. The van der Waals surface area contributed by atoms with E-state index in [1.54, 1.807) is 6.07 Å². The quantitative estimate of drug-likeness (QED) is 0.675. The van der Waals surface area contributed by atoms with Crippen LogP contribution in [0, 0.1) is 0 Å². The fraction of sp³-hybridized carbons (Fsp3) is 0.600. The summed E-state index contributed by atoms with van der Waals surface area (Å²) in [5.74, 6) is -0.188. The van der Waals surface area contributed by atoms with Gasteiger partial charge in [-0.15, -0.1) is 0 Å². The molecule has 0 radical (unpaired) electrons. The van der Waals surface area contributed by atoms with Gasteiger partial charge < -0.3 is 11.1 Å². The van der Waals surface area contributed by atoms with Gasteiger partial charge in [-0.2, -0.15) is 5.10 Å². The average Bonchev–Trinajstić information content (AvgIpc) is 2.62. The van der Waals surface area contributed by atoms with Gasteiger partial charge in [-0.3, -0.25) is 9.89 Å². The van der Waals surface area contributed by atoms with Gasteiger partial charge in [0.1, 0.15) is 5.69 Å². The van der Waals surface area contributed by atoms with Gasteiger partial charge >= 0.3 is 0 Å². The molecule has 0 bridgehead atoms. The summed E-state index contributed by atoms with van der Waals surface area (Å²) in [6.45, 7) is 7.07. The number of amides is 1. The third kappa shape index (κ3) is 3.06. The first-order chi connectivity index (χ1) is 6.95. The largest absolute Gasteiger partial charge is 0.349 e. The maximum Gasteiger partial charge on any atom is 0.271 e. The first-order valence-corrected chi connectivity index (χ1v) is 4.99. The van der Waals surface area contributed by atoms with Crippen LogP contribution in [0.4, 0.5) is 0 Å². The van der Waals surface area contributed by atoms with Crippen molar-refractivity contribution in [3.8, 4) is 0 Å². The number of carbonyl (C=O) groups excluding carboxylic acids is 1. The van der Waals surface area contributed by atoms with Crippen LogP contribution in [0.25, 0.3) is 0 Å². The van der Waals surface area contributed by atoms with Gasteiger partial charge in [-0.1, -0.05) is 20.8 Å². The minimum atomic E-state index is -0.188. The summed E-state index contributed by atoms with van der Waals surface area (Å²) in [7, 11) is 0. The summed E-state index contributed by atoms with van der Waals surface area (Å²) in [5, 5.41) is 9.49. The summed E-state index contributed by atoms with van der Waals surface area (Å²) in [5.41, 5.74) is 6.61. The van der Waals surface area contributed by atoms with E-state index in [0.29, 0.717) is 18.8 Å². The highest BCUT2D eigenvalue weighted by Gasteiger charge is 2.18. The van der Waals surface area contributed by atoms with Crippen molar-refractivity contribution in [3.63, 3.8) is 0 Å². The first-order valence-electron chi connectivity index (χ1n) is 4.99. The lowest BCUT2D eigenvalue weighted by atomic mass is 9.92. The predicted molar refractivity (Wildman–Crippen MR) is 58.7 cm³/mol. The molecule has 0 saturated heterocycles. The predicted octanol–water partition coefficient (Wildman–Crippen LogP) is 0.396. The molecule has 1 aromatic rings. The molecule has 84 valence electrons. The standard InChI is InChI=1S/C10H18N4O/c1-10(2,3)8-6-7(13-14-8)9(15)12-5-4-11/h6H,4-5,11H2,1-3H3,(H,12,15)(H,13,14). The van der Waals surface area contributed by atoms with E-state index in [0.717, 1.165) is 5.69 Å². The zero-order valence-electron chi connectivity index (χ0n) is 9.42. The van der Waals surface area contributed by atoms with Gasteiger partial charge in [0.25, 0.3) is 5.91 Å². The second-order valence-electron chi connectivity index (χ2n) is 4.46. The van der Waals surface area contributed by atoms with E-state index in [9.17, 15) is 4.79 Å². The third-order valence-corrected chi connectivity index (χ3v) is 2.05. The number of carbonyl (C=O) groups is 1. The summed E-state index contributed by atoms with van der Waals surface area (Å²) >= 11 is 0. The van der Waals surface area contributed by atoms with Crippen molar-refractivity contribution < 1.29 is 4.79 Å². The topological polar surface area (TPSA) is 83.8 Å². The fourth-order valence-electron chi connectivity index (χ4n) is 1.10. The molecule has 0 spiro atoms. The maximum atomic E-state index is 11.5. The van der Waals surface area contributed by atoms with Crippen LogP contribution in [0.15, 0.2) is 6.07 Å². The SMILES string of the molecule is CC(C)(C)c1cc(C(=O)NCCN)n[nH]1. The molecule has 0 atom stereocenters. The Hall–Kier alpha value is -1.36. The van der Waals surface area contributed by atoms with Crippen molar-refractivity contribution in [2.45, 2.75) is 26.2 Å². The molecule has 0 aliphatic carbocycles. The summed E-state index contributed by atoms with van der Waals surface area (Å²) in [4.78, 5) is 11.5. The van der Waals surface area contributed by atoms with Crippen LogP contribution >= 0.6 is 0 Å².